The number of thioether (sulfide) groups is 1. The minimum absolute atomic E-state index is 0.0252. The van der Waals surface area contributed by atoms with Crippen molar-refractivity contribution < 1.29 is 19.2 Å². The monoisotopic (exact) mass is 408 g/mol. The predicted molar refractivity (Wildman–Crippen MR) is 106 cm³/mol. The number of methoxy groups -OCH3 is 2. The smallest absolute Gasteiger partial charge is 0.286 e. The molecule has 1 aliphatic rings. The summed E-state index contributed by atoms with van der Waals surface area (Å²) in [6.45, 7) is 1.11. The van der Waals surface area contributed by atoms with Crippen LogP contribution in [-0.2, 0) is 0 Å². The summed E-state index contributed by atoms with van der Waals surface area (Å²) in [5.74, 6) is 0.960. The summed E-state index contributed by atoms with van der Waals surface area (Å²) in [5.41, 5.74) is -0.249. The largest absolute Gasteiger partial charge is 0.493 e. The van der Waals surface area contributed by atoms with Crippen LogP contribution in [0.2, 0.25) is 0 Å². The molecular weight excluding hydrogens is 388 g/mol. The number of amides is 1. The maximum atomic E-state index is 13.1. The fourth-order valence-electron chi connectivity index (χ4n) is 3.04. The normalized spacial score (nSPS) is 17.3. The van der Waals surface area contributed by atoms with Gasteiger partial charge in [0.2, 0.25) is 0 Å². The van der Waals surface area contributed by atoms with Gasteiger partial charge in [-0.05, 0) is 17.9 Å². The molecule has 1 unspecified atom stereocenters. The van der Waals surface area contributed by atoms with E-state index < -0.39 is 4.92 Å². The maximum Gasteiger partial charge on any atom is 0.286 e. The van der Waals surface area contributed by atoms with Crippen LogP contribution in [0.25, 0.3) is 0 Å². The van der Waals surface area contributed by atoms with Gasteiger partial charge in [0.05, 0.1) is 25.2 Å². The first-order valence-corrected chi connectivity index (χ1v) is 10.3. The van der Waals surface area contributed by atoms with Crippen molar-refractivity contribution in [2.45, 2.75) is 11.7 Å². The second-order valence-electron chi connectivity index (χ2n) is 5.94. The third-order valence-corrected chi connectivity index (χ3v) is 6.86. The molecule has 144 valence electrons. The molecule has 1 atom stereocenters. The molecule has 1 aliphatic heterocycles. The van der Waals surface area contributed by atoms with Gasteiger partial charge in [0.25, 0.3) is 11.6 Å². The molecule has 1 aromatic carbocycles. The number of hydrogen-bond donors (Lipinski definition) is 0. The Morgan fingerprint density at radius 2 is 2.00 bits per heavy atom. The van der Waals surface area contributed by atoms with Crippen molar-refractivity contribution in [3.8, 4) is 11.5 Å². The van der Waals surface area contributed by atoms with Crippen molar-refractivity contribution >= 4 is 34.7 Å². The van der Waals surface area contributed by atoms with Crippen molar-refractivity contribution in [3.63, 3.8) is 0 Å². The number of nitro benzene ring substituents is 1. The number of carbonyl (C=O) groups excluding carboxylic acids is 1. The molecule has 3 rings (SSSR count). The third-order valence-electron chi connectivity index (χ3n) is 4.42. The third kappa shape index (κ3) is 4.19. The van der Waals surface area contributed by atoms with Crippen LogP contribution in [-0.4, -0.2) is 48.8 Å². The summed E-state index contributed by atoms with van der Waals surface area (Å²) >= 11 is 3.54. The van der Waals surface area contributed by atoms with Crippen molar-refractivity contribution in [2.75, 3.05) is 33.1 Å². The van der Waals surface area contributed by atoms with Gasteiger partial charge in [0.15, 0.2) is 11.5 Å². The van der Waals surface area contributed by atoms with Crippen LogP contribution in [0.15, 0.2) is 29.6 Å². The van der Waals surface area contributed by atoms with Crippen LogP contribution < -0.4 is 9.47 Å². The number of nitrogens with zero attached hydrogens (tertiary/aromatic N) is 2. The summed E-state index contributed by atoms with van der Waals surface area (Å²) in [6, 6.07) is 6.78. The van der Waals surface area contributed by atoms with Crippen LogP contribution in [0.5, 0.6) is 11.5 Å². The summed E-state index contributed by atoms with van der Waals surface area (Å²) in [6.07, 6.45) is 0.817. The number of benzene rings is 1. The standard InChI is InChI=1S/C18H20N2O5S2/c1-24-14-10-12(13(20(22)23)11-15(14)25-2)18(21)19-6-5-17(27-9-7-19)16-4-3-8-26-16/h3-4,8,10-11,17H,5-7,9H2,1-2H3. The molecule has 0 aliphatic carbocycles. The van der Waals surface area contributed by atoms with Crippen LogP contribution in [0.3, 0.4) is 0 Å². The number of hydrogen-bond acceptors (Lipinski definition) is 7. The highest BCUT2D eigenvalue weighted by molar-refractivity contribution is 7.99. The minimum atomic E-state index is -0.559. The van der Waals surface area contributed by atoms with E-state index >= 15 is 0 Å². The Bertz CT molecular complexity index is 825. The molecular formula is C18H20N2O5S2. The highest BCUT2D eigenvalue weighted by Gasteiger charge is 2.30. The second kappa shape index (κ2) is 8.62. The van der Waals surface area contributed by atoms with E-state index in [1.165, 1.54) is 31.2 Å². The van der Waals surface area contributed by atoms with Gasteiger partial charge in [-0.3, -0.25) is 14.9 Å². The molecule has 9 heteroatoms. The lowest BCUT2D eigenvalue weighted by Gasteiger charge is -2.21. The molecule has 0 N–H and O–H groups in total. The van der Waals surface area contributed by atoms with Gasteiger partial charge in [-0.25, -0.2) is 0 Å². The second-order valence-corrected chi connectivity index (χ2v) is 8.23. The molecule has 2 heterocycles. The van der Waals surface area contributed by atoms with Gasteiger partial charge in [-0.2, -0.15) is 11.8 Å². The lowest BCUT2D eigenvalue weighted by atomic mass is 10.1. The molecule has 1 saturated heterocycles. The summed E-state index contributed by atoms with van der Waals surface area (Å²) in [4.78, 5) is 27.0. The average Bonchev–Trinajstić information content (AvgIpc) is 3.10. The topological polar surface area (TPSA) is 81.9 Å². The zero-order valence-electron chi connectivity index (χ0n) is 15.0. The Kier molecular flexibility index (Phi) is 6.22. The van der Waals surface area contributed by atoms with E-state index in [-0.39, 0.29) is 22.9 Å². The first-order chi connectivity index (χ1) is 13.0. The van der Waals surface area contributed by atoms with E-state index in [1.807, 2.05) is 17.8 Å². The molecule has 0 spiro atoms. The lowest BCUT2D eigenvalue weighted by Crippen LogP contribution is -2.33. The molecule has 0 saturated carbocycles. The average molecular weight is 409 g/mol. The van der Waals surface area contributed by atoms with E-state index in [2.05, 4.69) is 11.4 Å². The van der Waals surface area contributed by atoms with E-state index in [1.54, 1.807) is 16.2 Å². The van der Waals surface area contributed by atoms with E-state index in [0.29, 0.717) is 24.1 Å². The fourth-order valence-corrected chi connectivity index (χ4v) is 5.27. The first kappa shape index (κ1) is 19.5. The van der Waals surface area contributed by atoms with Crippen LogP contribution in [0.4, 0.5) is 5.69 Å². The molecule has 0 bridgehead atoms. The number of rotatable bonds is 5. The molecule has 1 amide bonds. The van der Waals surface area contributed by atoms with Gasteiger partial charge in [-0.15, -0.1) is 11.3 Å². The predicted octanol–water partition coefficient (Wildman–Crippen LogP) is 3.99. The SMILES string of the molecule is COc1cc(C(=O)N2CCSC(c3cccs3)CC2)c([N+](=O)[O-])cc1OC. The van der Waals surface area contributed by atoms with Crippen LogP contribution in [0, 0.1) is 10.1 Å². The molecule has 0 radical (unpaired) electrons. The number of thiophene rings is 1. The van der Waals surface area contributed by atoms with Crippen molar-refractivity contribution in [1.82, 2.24) is 4.90 Å². The molecule has 27 heavy (non-hydrogen) atoms. The summed E-state index contributed by atoms with van der Waals surface area (Å²) < 4.78 is 10.3. The number of nitro groups is 1. The van der Waals surface area contributed by atoms with E-state index in [4.69, 9.17) is 9.47 Å². The van der Waals surface area contributed by atoms with Crippen LogP contribution >= 0.6 is 23.1 Å². The summed E-state index contributed by atoms with van der Waals surface area (Å²) in [7, 11) is 2.84. The van der Waals surface area contributed by atoms with E-state index in [0.717, 1.165) is 12.2 Å². The Hall–Kier alpha value is -2.26. The molecule has 7 nitrogen and oxygen atoms in total. The molecule has 1 aromatic heterocycles. The van der Waals surface area contributed by atoms with Gasteiger partial charge >= 0.3 is 0 Å². The van der Waals surface area contributed by atoms with Gasteiger partial charge < -0.3 is 14.4 Å². The van der Waals surface area contributed by atoms with Crippen molar-refractivity contribution in [1.29, 1.82) is 0 Å². The van der Waals surface area contributed by atoms with Crippen molar-refractivity contribution in [2.24, 2.45) is 0 Å². The van der Waals surface area contributed by atoms with Gasteiger partial charge in [0, 0.05) is 35.0 Å². The Morgan fingerprint density at radius 3 is 2.63 bits per heavy atom. The first-order valence-electron chi connectivity index (χ1n) is 8.39. The van der Waals surface area contributed by atoms with E-state index in [9.17, 15) is 14.9 Å². The number of carbonyl (C=O) groups is 1. The number of ether oxygens (including phenoxy) is 2. The minimum Gasteiger partial charge on any atom is -0.493 e. The molecule has 1 fully saturated rings. The van der Waals surface area contributed by atoms with Gasteiger partial charge in [0.1, 0.15) is 5.56 Å². The zero-order chi connectivity index (χ0) is 19.4. The van der Waals surface area contributed by atoms with Crippen molar-refractivity contribution in [3.05, 3.63) is 50.2 Å². The van der Waals surface area contributed by atoms with Gasteiger partial charge in [-0.1, -0.05) is 6.07 Å². The molecule has 2 aromatic rings. The zero-order valence-corrected chi connectivity index (χ0v) is 16.7. The Labute approximate surface area is 165 Å². The Morgan fingerprint density at radius 1 is 1.26 bits per heavy atom. The van der Waals surface area contributed by atoms with Crippen LogP contribution in [0.1, 0.15) is 26.9 Å². The highest BCUT2D eigenvalue weighted by atomic mass is 32.2. The highest BCUT2D eigenvalue weighted by Crippen LogP contribution is 2.38. The lowest BCUT2D eigenvalue weighted by molar-refractivity contribution is -0.385. The maximum absolute atomic E-state index is 13.1. The fraction of sp³-hybridized carbons (Fsp3) is 0.389. The summed E-state index contributed by atoms with van der Waals surface area (Å²) in [5, 5.41) is 13.9. The Balaban J connectivity index is 1.85. The quantitative estimate of drug-likeness (QED) is 0.549.